The molecular formula is C23H23N7S. The Morgan fingerprint density at radius 2 is 2.10 bits per heavy atom. The molecule has 0 saturated heterocycles. The summed E-state index contributed by atoms with van der Waals surface area (Å²) in [5.74, 6) is 1.76. The highest BCUT2D eigenvalue weighted by Crippen LogP contribution is 2.31. The van der Waals surface area contributed by atoms with Crippen molar-refractivity contribution in [3.8, 4) is 11.4 Å². The van der Waals surface area contributed by atoms with E-state index in [1.807, 2.05) is 22.3 Å². The van der Waals surface area contributed by atoms with Crippen molar-refractivity contribution in [2.24, 2.45) is 0 Å². The molecule has 6 rings (SSSR count). The predicted molar refractivity (Wildman–Crippen MR) is 124 cm³/mol. The van der Waals surface area contributed by atoms with Crippen molar-refractivity contribution in [2.45, 2.75) is 45.1 Å². The standard InChI is InChI=1S/C23H23N7S/c1-13(2)18-11-24-30-22(18)28-21(14-10-25-31-12-14)29-23(30)26-15-7-8-20-17(9-15)16-5-3-4-6-19(16)27-20/h3-6,10-13,15,27H,7-9H2,1-2H3,(H,26,28,29)/t15-/m1/s1. The van der Waals surface area contributed by atoms with Gasteiger partial charge in [-0.1, -0.05) is 32.0 Å². The first-order valence-corrected chi connectivity index (χ1v) is 11.5. The van der Waals surface area contributed by atoms with Gasteiger partial charge in [-0.3, -0.25) is 0 Å². The van der Waals surface area contributed by atoms with E-state index in [0.29, 0.717) is 11.7 Å². The number of H-pyrrole nitrogens is 1. The van der Waals surface area contributed by atoms with Crippen molar-refractivity contribution >= 4 is 34.0 Å². The van der Waals surface area contributed by atoms with Gasteiger partial charge in [-0.15, -0.1) is 0 Å². The second-order valence-electron chi connectivity index (χ2n) is 8.49. The topological polar surface area (TPSA) is 83.8 Å². The molecule has 0 spiro atoms. The van der Waals surface area contributed by atoms with Gasteiger partial charge in [0.1, 0.15) is 0 Å². The van der Waals surface area contributed by atoms with E-state index in [0.717, 1.165) is 42.0 Å². The fourth-order valence-electron chi connectivity index (χ4n) is 4.51. The molecule has 0 aliphatic heterocycles. The van der Waals surface area contributed by atoms with Gasteiger partial charge in [0.2, 0.25) is 5.95 Å². The van der Waals surface area contributed by atoms with Crippen molar-refractivity contribution in [1.82, 2.24) is 28.9 Å². The Morgan fingerprint density at radius 1 is 1.19 bits per heavy atom. The quantitative estimate of drug-likeness (QED) is 0.428. The summed E-state index contributed by atoms with van der Waals surface area (Å²) in [5.41, 5.74) is 6.91. The third-order valence-corrected chi connectivity index (χ3v) is 6.72. The second kappa shape index (κ2) is 7.16. The molecule has 5 aromatic rings. The average molecular weight is 430 g/mol. The summed E-state index contributed by atoms with van der Waals surface area (Å²) in [7, 11) is 0. The van der Waals surface area contributed by atoms with Crippen molar-refractivity contribution in [2.75, 3.05) is 5.32 Å². The number of para-hydroxylation sites is 1. The molecule has 2 N–H and O–H groups in total. The van der Waals surface area contributed by atoms with Crippen LogP contribution in [-0.4, -0.2) is 35.0 Å². The summed E-state index contributed by atoms with van der Waals surface area (Å²) in [5, 5.41) is 11.6. The minimum absolute atomic E-state index is 0.282. The lowest BCUT2D eigenvalue weighted by Crippen LogP contribution is -2.29. The Kier molecular flexibility index (Phi) is 4.27. The lowest BCUT2D eigenvalue weighted by Gasteiger charge is -2.24. The number of nitrogens with zero attached hydrogens (tertiary/aromatic N) is 5. The van der Waals surface area contributed by atoms with Crippen molar-refractivity contribution in [1.29, 1.82) is 0 Å². The maximum absolute atomic E-state index is 4.85. The van der Waals surface area contributed by atoms with Crippen LogP contribution in [0.2, 0.25) is 0 Å². The first-order chi connectivity index (χ1) is 15.2. The Balaban J connectivity index is 1.40. The van der Waals surface area contributed by atoms with E-state index in [-0.39, 0.29) is 6.04 Å². The highest BCUT2D eigenvalue weighted by Gasteiger charge is 2.24. The lowest BCUT2D eigenvalue weighted by molar-refractivity contribution is 0.599. The van der Waals surface area contributed by atoms with Crippen LogP contribution >= 0.6 is 11.5 Å². The molecule has 0 fully saturated rings. The molecule has 0 unspecified atom stereocenters. The molecular weight excluding hydrogens is 406 g/mol. The third kappa shape index (κ3) is 3.09. The third-order valence-electron chi connectivity index (χ3n) is 6.14. The van der Waals surface area contributed by atoms with Crippen LogP contribution in [0.1, 0.15) is 43.0 Å². The molecule has 7 nitrogen and oxygen atoms in total. The molecule has 8 heteroatoms. The van der Waals surface area contributed by atoms with Crippen LogP contribution in [-0.2, 0) is 12.8 Å². The number of anilines is 1. The van der Waals surface area contributed by atoms with Crippen LogP contribution in [0, 0.1) is 0 Å². The summed E-state index contributed by atoms with van der Waals surface area (Å²) in [4.78, 5) is 13.3. The molecule has 4 heterocycles. The predicted octanol–water partition coefficient (Wildman–Crippen LogP) is 4.82. The second-order valence-corrected chi connectivity index (χ2v) is 9.14. The summed E-state index contributed by atoms with van der Waals surface area (Å²) < 4.78 is 6.08. The maximum atomic E-state index is 4.85. The molecule has 1 aromatic carbocycles. The molecule has 0 saturated carbocycles. The smallest absolute Gasteiger partial charge is 0.228 e. The SMILES string of the molecule is CC(C)c1cnn2c(N[C@@H]3CCc4[nH]c5ccccc5c4C3)nc(-c3cnsc3)nc12. The van der Waals surface area contributed by atoms with Crippen LogP contribution in [0.25, 0.3) is 27.9 Å². The molecule has 1 aliphatic rings. The molecule has 4 aromatic heterocycles. The first kappa shape index (κ1) is 18.5. The number of aromatic amines is 1. The number of rotatable bonds is 4. The summed E-state index contributed by atoms with van der Waals surface area (Å²) in [6.45, 7) is 4.33. The normalized spacial score (nSPS) is 16.3. The summed E-state index contributed by atoms with van der Waals surface area (Å²) in [6, 6.07) is 8.84. The number of hydrogen-bond acceptors (Lipinski definition) is 6. The van der Waals surface area contributed by atoms with E-state index < -0.39 is 0 Å². The van der Waals surface area contributed by atoms with Crippen LogP contribution in [0.15, 0.2) is 42.0 Å². The fraction of sp³-hybridized carbons (Fsp3) is 0.304. The number of hydrogen-bond donors (Lipinski definition) is 2. The van der Waals surface area contributed by atoms with Gasteiger partial charge in [0, 0.05) is 33.6 Å². The lowest BCUT2D eigenvalue weighted by atomic mass is 9.91. The Bertz CT molecular complexity index is 1380. The minimum Gasteiger partial charge on any atom is -0.358 e. The van der Waals surface area contributed by atoms with Gasteiger partial charge in [-0.25, -0.2) is 9.36 Å². The highest BCUT2D eigenvalue weighted by molar-refractivity contribution is 7.03. The van der Waals surface area contributed by atoms with Crippen molar-refractivity contribution in [3.05, 3.63) is 58.9 Å². The Labute approximate surface area is 183 Å². The molecule has 156 valence electrons. The van der Waals surface area contributed by atoms with Gasteiger partial charge in [-0.05, 0) is 48.3 Å². The van der Waals surface area contributed by atoms with Crippen molar-refractivity contribution < 1.29 is 0 Å². The number of aryl methyl sites for hydroxylation is 1. The minimum atomic E-state index is 0.282. The fourth-order valence-corrected chi connectivity index (χ4v) is 5.03. The van der Waals surface area contributed by atoms with E-state index in [1.165, 1.54) is 33.7 Å². The van der Waals surface area contributed by atoms with Crippen molar-refractivity contribution in [3.63, 3.8) is 0 Å². The number of aromatic nitrogens is 6. The van der Waals surface area contributed by atoms with E-state index in [1.54, 1.807) is 0 Å². The number of benzene rings is 1. The van der Waals surface area contributed by atoms with E-state index >= 15 is 0 Å². The summed E-state index contributed by atoms with van der Waals surface area (Å²) >= 11 is 1.41. The zero-order valence-electron chi connectivity index (χ0n) is 17.5. The van der Waals surface area contributed by atoms with Crippen LogP contribution in [0.3, 0.4) is 0 Å². The number of nitrogens with one attached hydrogen (secondary N) is 2. The largest absolute Gasteiger partial charge is 0.358 e. The Morgan fingerprint density at radius 3 is 2.94 bits per heavy atom. The monoisotopic (exact) mass is 429 g/mol. The Hall–Kier alpha value is -3.26. The van der Waals surface area contributed by atoms with Gasteiger partial charge in [0.15, 0.2) is 11.5 Å². The maximum Gasteiger partial charge on any atom is 0.228 e. The van der Waals surface area contributed by atoms with Gasteiger partial charge < -0.3 is 10.3 Å². The molecule has 0 radical (unpaired) electrons. The first-order valence-electron chi connectivity index (χ1n) is 10.7. The van der Waals surface area contributed by atoms with E-state index in [4.69, 9.17) is 9.97 Å². The zero-order valence-corrected chi connectivity index (χ0v) is 18.3. The zero-order chi connectivity index (χ0) is 20.9. The van der Waals surface area contributed by atoms with Gasteiger partial charge in [0.05, 0.1) is 18.0 Å². The average Bonchev–Trinajstić information content (AvgIpc) is 3.51. The number of fused-ring (bicyclic) bond motifs is 4. The van der Waals surface area contributed by atoms with E-state index in [9.17, 15) is 0 Å². The highest BCUT2D eigenvalue weighted by atomic mass is 32.1. The van der Waals surface area contributed by atoms with E-state index in [2.05, 4.69) is 57.9 Å². The van der Waals surface area contributed by atoms with Crippen LogP contribution in [0.4, 0.5) is 5.95 Å². The van der Waals surface area contributed by atoms with Gasteiger partial charge in [0.25, 0.3) is 0 Å². The summed E-state index contributed by atoms with van der Waals surface area (Å²) in [6.07, 6.45) is 6.75. The van der Waals surface area contributed by atoms with Crippen LogP contribution < -0.4 is 5.32 Å². The van der Waals surface area contributed by atoms with Gasteiger partial charge in [-0.2, -0.15) is 14.6 Å². The molecule has 31 heavy (non-hydrogen) atoms. The van der Waals surface area contributed by atoms with Crippen LogP contribution in [0.5, 0.6) is 0 Å². The molecule has 1 atom stereocenters. The molecule has 0 amide bonds. The van der Waals surface area contributed by atoms with Gasteiger partial charge >= 0.3 is 0 Å². The molecule has 1 aliphatic carbocycles. The molecule has 0 bridgehead atoms.